The Kier molecular flexibility index (Phi) is 4.56. The molecule has 1 radical (unpaired) electrons. The summed E-state index contributed by atoms with van der Waals surface area (Å²) >= 11 is 0. The predicted octanol–water partition coefficient (Wildman–Crippen LogP) is 1.32. The summed E-state index contributed by atoms with van der Waals surface area (Å²) in [4.78, 5) is 0. The number of hydrogen-bond donors (Lipinski definition) is 0. The SMILES string of the molecule is [CH]1C=CC=C1.[Nd]. The van der Waals surface area contributed by atoms with Crippen LogP contribution in [0.5, 0.6) is 0 Å². The van der Waals surface area contributed by atoms with Gasteiger partial charge in [0.05, 0.1) is 0 Å². The molecule has 0 unspecified atom stereocenters. The van der Waals surface area contributed by atoms with Crippen molar-refractivity contribution in [3.63, 3.8) is 0 Å². The van der Waals surface area contributed by atoms with Crippen LogP contribution < -0.4 is 0 Å². The smallest absolute Gasteiger partial charge is 0.00506 e. The van der Waals surface area contributed by atoms with Crippen molar-refractivity contribution in [1.29, 1.82) is 0 Å². The van der Waals surface area contributed by atoms with Gasteiger partial charge in [0, 0.05) is 47.3 Å². The standard InChI is InChI=1S/C5H5.Nd/c1-2-4-5-3-1;/h1-5H;. The van der Waals surface area contributed by atoms with Gasteiger partial charge in [-0.2, -0.15) is 0 Å². The molecule has 0 saturated heterocycles. The van der Waals surface area contributed by atoms with Gasteiger partial charge in [0.2, 0.25) is 0 Å². The average Bonchev–Trinajstić information content (AvgIpc) is 1.76. The van der Waals surface area contributed by atoms with Crippen molar-refractivity contribution in [2.24, 2.45) is 0 Å². The second-order valence-electron chi connectivity index (χ2n) is 0.962. The van der Waals surface area contributed by atoms with Gasteiger partial charge < -0.3 is 0 Å². The van der Waals surface area contributed by atoms with Gasteiger partial charge in [-0.05, 0) is 0 Å². The van der Waals surface area contributed by atoms with Crippen LogP contribution in [0.1, 0.15) is 0 Å². The van der Waals surface area contributed by atoms with Gasteiger partial charge in [-0.15, -0.1) is 0 Å². The third-order valence-electron chi connectivity index (χ3n) is 0.556. The monoisotopic (exact) mass is 207 g/mol. The summed E-state index contributed by atoms with van der Waals surface area (Å²) in [7, 11) is 0. The molecule has 29 valence electrons. The van der Waals surface area contributed by atoms with Crippen LogP contribution in [0.25, 0.3) is 0 Å². The summed E-state index contributed by atoms with van der Waals surface area (Å²) in [5.74, 6) is 0. The first kappa shape index (κ1) is 6.83. The largest absolute Gasteiger partial charge is 0.0767 e. The summed E-state index contributed by atoms with van der Waals surface area (Å²) in [6.45, 7) is 0. The van der Waals surface area contributed by atoms with Gasteiger partial charge >= 0.3 is 0 Å². The fourth-order valence-electron chi connectivity index (χ4n) is 0.321. The molecule has 1 rings (SSSR count). The first-order valence-electron chi connectivity index (χ1n) is 1.67. The van der Waals surface area contributed by atoms with E-state index in [9.17, 15) is 0 Å². The van der Waals surface area contributed by atoms with Crippen molar-refractivity contribution in [3.05, 3.63) is 30.7 Å². The number of rotatable bonds is 0. The minimum Gasteiger partial charge on any atom is -0.0767 e. The normalized spacial score (nSPS) is 14.7. The molecule has 0 aliphatic heterocycles. The van der Waals surface area contributed by atoms with Gasteiger partial charge in [0.1, 0.15) is 0 Å². The molecule has 0 heterocycles. The van der Waals surface area contributed by atoms with E-state index in [1.165, 1.54) is 0 Å². The minimum absolute atomic E-state index is 0. The first-order valence-corrected chi connectivity index (χ1v) is 1.67. The number of hydrogen-bond acceptors (Lipinski definition) is 0. The molecule has 0 fully saturated rings. The second kappa shape index (κ2) is 4.00. The molecule has 1 aliphatic carbocycles. The Morgan fingerprint density at radius 2 is 1.17 bits per heavy atom. The van der Waals surface area contributed by atoms with E-state index in [1.54, 1.807) is 0 Å². The van der Waals surface area contributed by atoms with Crippen molar-refractivity contribution in [1.82, 2.24) is 0 Å². The van der Waals surface area contributed by atoms with E-state index >= 15 is 0 Å². The topological polar surface area (TPSA) is 0 Å². The third kappa shape index (κ3) is 2.09. The summed E-state index contributed by atoms with van der Waals surface area (Å²) in [5, 5.41) is 0. The molecule has 1 aliphatic rings. The molecule has 0 aromatic heterocycles. The van der Waals surface area contributed by atoms with Gasteiger partial charge in [-0.3, -0.25) is 0 Å². The Bertz CT molecular complexity index is 62.0. The molecule has 0 atom stereocenters. The first-order chi connectivity index (χ1) is 2.50. The number of allylic oxidation sites excluding steroid dienone is 4. The van der Waals surface area contributed by atoms with Crippen LogP contribution in [0.2, 0.25) is 0 Å². The van der Waals surface area contributed by atoms with Crippen LogP contribution in [0, 0.1) is 47.3 Å². The Morgan fingerprint density at radius 3 is 1.33 bits per heavy atom. The maximum absolute atomic E-state index is 2.00. The van der Waals surface area contributed by atoms with Crippen molar-refractivity contribution in [3.8, 4) is 0 Å². The van der Waals surface area contributed by atoms with E-state index in [2.05, 4.69) is 0 Å². The van der Waals surface area contributed by atoms with E-state index in [-0.39, 0.29) is 40.8 Å². The van der Waals surface area contributed by atoms with E-state index in [0.717, 1.165) is 0 Å². The van der Waals surface area contributed by atoms with Gasteiger partial charge in [0.25, 0.3) is 0 Å². The molecule has 0 nitrogen and oxygen atoms in total. The molecule has 0 N–H and O–H groups in total. The quantitative estimate of drug-likeness (QED) is 0.564. The zero-order valence-electron chi connectivity index (χ0n) is 3.39. The van der Waals surface area contributed by atoms with Crippen molar-refractivity contribution < 1.29 is 40.8 Å². The third-order valence-corrected chi connectivity index (χ3v) is 0.556. The van der Waals surface area contributed by atoms with Crippen LogP contribution in [-0.4, -0.2) is 0 Å². The minimum atomic E-state index is 0. The molecule has 0 aromatic rings. The molecule has 0 amide bonds. The molecule has 1 heteroatoms. The molecule has 0 bridgehead atoms. The maximum Gasteiger partial charge on any atom is 0.00506 e. The molecule has 6 heavy (non-hydrogen) atoms. The Hall–Kier alpha value is 0.831. The fourth-order valence-corrected chi connectivity index (χ4v) is 0.321. The summed E-state index contributed by atoms with van der Waals surface area (Å²) in [6, 6.07) is 0. The van der Waals surface area contributed by atoms with Gasteiger partial charge in [0.15, 0.2) is 0 Å². The zero-order valence-corrected chi connectivity index (χ0v) is 6.59. The maximum atomic E-state index is 2.00. The summed E-state index contributed by atoms with van der Waals surface area (Å²) < 4.78 is 0. The average molecular weight is 209 g/mol. The molecule has 0 aromatic carbocycles. The molecular weight excluding hydrogens is 204 g/mol. The molecular formula is C5H5Nd. The summed E-state index contributed by atoms with van der Waals surface area (Å²) in [5.41, 5.74) is 0. The van der Waals surface area contributed by atoms with E-state index in [4.69, 9.17) is 0 Å². The summed E-state index contributed by atoms with van der Waals surface area (Å²) in [6.07, 6.45) is 10.0. The fraction of sp³-hybridized carbons (Fsp3) is 0. The van der Waals surface area contributed by atoms with Crippen LogP contribution >= 0.6 is 0 Å². The van der Waals surface area contributed by atoms with Crippen molar-refractivity contribution >= 4 is 0 Å². The van der Waals surface area contributed by atoms with Gasteiger partial charge in [-0.25, -0.2) is 0 Å². The van der Waals surface area contributed by atoms with Crippen molar-refractivity contribution in [2.45, 2.75) is 0 Å². The zero-order chi connectivity index (χ0) is 3.54. The van der Waals surface area contributed by atoms with Crippen molar-refractivity contribution in [2.75, 3.05) is 0 Å². The Balaban J connectivity index is 0.000000250. The Labute approximate surface area is 70.8 Å². The molecule has 0 saturated carbocycles. The molecule has 0 spiro atoms. The van der Waals surface area contributed by atoms with Crippen LogP contribution in [0.4, 0.5) is 0 Å². The van der Waals surface area contributed by atoms with E-state index < -0.39 is 0 Å². The van der Waals surface area contributed by atoms with Crippen LogP contribution in [0.15, 0.2) is 24.3 Å². The van der Waals surface area contributed by atoms with E-state index in [1.807, 2.05) is 30.7 Å². The van der Waals surface area contributed by atoms with E-state index in [0.29, 0.717) is 0 Å². The van der Waals surface area contributed by atoms with Crippen LogP contribution in [-0.2, 0) is 0 Å². The predicted molar refractivity (Wildman–Crippen MR) is 22.6 cm³/mol. The Morgan fingerprint density at radius 1 is 0.667 bits per heavy atom. The second-order valence-corrected chi connectivity index (χ2v) is 0.962. The van der Waals surface area contributed by atoms with Gasteiger partial charge in [-0.1, -0.05) is 24.3 Å². The van der Waals surface area contributed by atoms with Crippen LogP contribution in [0.3, 0.4) is 0 Å².